The normalized spacial score (nSPS) is 11.5. The van der Waals surface area contributed by atoms with Crippen LogP contribution in [-0.4, -0.2) is 9.46 Å². The molecule has 1 rings (SSSR count). The van der Waals surface area contributed by atoms with Crippen LogP contribution in [0.25, 0.3) is 0 Å². The number of nitrogen functional groups attached to an aromatic ring is 1. The summed E-state index contributed by atoms with van der Waals surface area (Å²) in [5.41, 5.74) is 8.21. The second kappa shape index (κ2) is 4.86. The fourth-order valence-electron chi connectivity index (χ4n) is 1.20. The molecule has 0 fully saturated rings. The van der Waals surface area contributed by atoms with Crippen molar-refractivity contribution in [3.8, 4) is 6.07 Å². The first-order chi connectivity index (χ1) is 7.34. The van der Waals surface area contributed by atoms with E-state index in [2.05, 4.69) is 43.0 Å². The van der Waals surface area contributed by atoms with Crippen LogP contribution < -0.4 is 5.73 Å². The third kappa shape index (κ3) is 3.22. The summed E-state index contributed by atoms with van der Waals surface area (Å²) in [6.45, 7) is 6.98. The number of nitriles is 1. The first-order valence-electron chi connectivity index (χ1n) is 5.06. The molecule has 4 heteroatoms. The lowest BCUT2D eigenvalue weighted by Crippen LogP contribution is -2.32. The van der Waals surface area contributed by atoms with Gasteiger partial charge in [0.25, 0.3) is 0 Å². The molecule has 0 aromatic heterocycles. The zero-order valence-electron chi connectivity index (χ0n) is 9.79. The van der Waals surface area contributed by atoms with E-state index in [1.807, 2.05) is 9.99 Å². The molecule has 0 saturated heterocycles. The summed E-state index contributed by atoms with van der Waals surface area (Å²) in [6.07, 6.45) is 0. The van der Waals surface area contributed by atoms with Crippen molar-refractivity contribution < 1.29 is 0 Å². The van der Waals surface area contributed by atoms with E-state index >= 15 is 0 Å². The van der Waals surface area contributed by atoms with Crippen molar-refractivity contribution in [3.05, 3.63) is 29.3 Å². The monoisotopic (exact) mass is 281 g/mol. The lowest BCUT2D eigenvalue weighted by molar-refractivity contribution is 0.279. The van der Waals surface area contributed by atoms with E-state index in [9.17, 15) is 0 Å². The van der Waals surface area contributed by atoms with E-state index in [0.717, 1.165) is 5.56 Å². The Balaban J connectivity index is 2.93. The molecule has 0 aliphatic heterocycles. The molecule has 0 saturated carbocycles. The highest BCUT2D eigenvalue weighted by Crippen LogP contribution is 2.24. The highest BCUT2D eigenvalue weighted by molar-refractivity contribution is 9.07. The van der Waals surface area contributed by atoms with Crippen LogP contribution in [0.5, 0.6) is 0 Å². The predicted octanol–water partition coefficient (Wildman–Crippen LogP) is 3.05. The van der Waals surface area contributed by atoms with Gasteiger partial charge < -0.3 is 5.73 Å². The molecule has 1 aromatic carbocycles. The molecule has 86 valence electrons. The molecule has 0 unspecified atom stereocenters. The first kappa shape index (κ1) is 13.0. The molecule has 0 spiro atoms. The van der Waals surface area contributed by atoms with E-state index in [-0.39, 0.29) is 5.54 Å². The quantitative estimate of drug-likeness (QED) is 0.670. The maximum atomic E-state index is 8.83. The van der Waals surface area contributed by atoms with Gasteiger partial charge in [0.1, 0.15) is 0 Å². The smallest absolute Gasteiger partial charge is 0.0991 e. The molecule has 0 bridgehead atoms. The Morgan fingerprint density at radius 2 is 2.06 bits per heavy atom. The third-order valence-electron chi connectivity index (χ3n) is 2.31. The minimum atomic E-state index is 0.00902. The fraction of sp³-hybridized carbons (Fsp3) is 0.417. The largest absolute Gasteiger partial charge is 0.398 e. The molecular weight excluding hydrogens is 266 g/mol. The molecular formula is C12H16BrN3. The summed E-state index contributed by atoms with van der Waals surface area (Å²) in [5, 5.41) is 8.83. The van der Waals surface area contributed by atoms with Crippen molar-refractivity contribution in [1.82, 2.24) is 3.93 Å². The molecule has 3 nitrogen and oxygen atoms in total. The molecule has 0 aliphatic carbocycles. The van der Waals surface area contributed by atoms with Gasteiger partial charge in [-0.05, 0) is 44.5 Å². The number of nitrogens with two attached hydrogens (primary N) is 1. The summed E-state index contributed by atoms with van der Waals surface area (Å²) >= 11 is 3.51. The minimum absolute atomic E-state index is 0.00902. The standard InChI is InChI=1S/C12H16BrN3/c1-12(2,3)16(13)8-10-6-9(7-14)4-5-11(10)15/h4-6H,8,15H2,1-3H3. The average Bonchev–Trinajstić information content (AvgIpc) is 2.19. The Bertz CT molecular complexity index is 415. The zero-order chi connectivity index (χ0) is 12.3. The number of benzene rings is 1. The highest BCUT2D eigenvalue weighted by atomic mass is 79.9. The van der Waals surface area contributed by atoms with Crippen LogP contribution in [0.15, 0.2) is 18.2 Å². The van der Waals surface area contributed by atoms with Crippen LogP contribution in [0, 0.1) is 11.3 Å². The van der Waals surface area contributed by atoms with Crippen LogP contribution in [0.2, 0.25) is 0 Å². The summed E-state index contributed by atoms with van der Waals surface area (Å²) in [6, 6.07) is 7.45. The number of hydrogen-bond acceptors (Lipinski definition) is 3. The maximum Gasteiger partial charge on any atom is 0.0991 e. The molecule has 0 amide bonds. The van der Waals surface area contributed by atoms with Gasteiger partial charge in [0.05, 0.1) is 11.6 Å². The van der Waals surface area contributed by atoms with Crippen molar-refractivity contribution in [1.29, 1.82) is 5.26 Å². The van der Waals surface area contributed by atoms with Crippen molar-refractivity contribution >= 4 is 21.8 Å². The number of halogens is 1. The Hall–Kier alpha value is -1.05. The van der Waals surface area contributed by atoms with Crippen molar-refractivity contribution in [3.63, 3.8) is 0 Å². The number of hydrogen-bond donors (Lipinski definition) is 1. The van der Waals surface area contributed by atoms with Gasteiger partial charge in [-0.1, -0.05) is 0 Å². The van der Waals surface area contributed by atoms with Crippen LogP contribution in [0.4, 0.5) is 5.69 Å². The average molecular weight is 282 g/mol. The predicted molar refractivity (Wildman–Crippen MR) is 69.8 cm³/mol. The van der Waals surface area contributed by atoms with Crippen molar-refractivity contribution in [2.75, 3.05) is 5.73 Å². The molecule has 0 aliphatic rings. The SMILES string of the molecule is CC(C)(C)N(Br)Cc1cc(C#N)ccc1N. The van der Waals surface area contributed by atoms with E-state index in [0.29, 0.717) is 17.8 Å². The highest BCUT2D eigenvalue weighted by Gasteiger charge is 2.19. The molecule has 1 aromatic rings. The Kier molecular flexibility index (Phi) is 3.95. The molecule has 16 heavy (non-hydrogen) atoms. The topological polar surface area (TPSA) is 53.0 Å². The van der Waals surface area contributed by atoms with Gasteiger partial charge in [-0.3, -0.25) is 0 Å². The van der Waals surface area contributed by atoms with Gasteiger partial charge in [0.15, 0.2) is 0 Å². The summed E-state index contributed by atoms with van der Waals surface area (Å²) < 4.78 is 2.02. The molecule has 2 N–H and O–H groups in total. The Morgan fingerprint density at radius 1 is 1.44 bits per heavy atom. The van der Waals surface area contributed by atoms with Crippen LogP contribution in [0.3, 0.4) is 0 Å². The Morgan fingerprint density at radius 3 is 2.56 bits per heavy atom. The van der Waals surface area contributed by atoms with E-state index in [1.165, 1.54) is 0 Å². The summed E-state index contributed by atoms with van der Waals surface area (Å²) in [5.74, 6) is 0. The van der Waals surface area contributed by atoms with Gasteiger partial charge in [0, 0.05) is 33.9 Å². The lowest BCUT2D eigenvalue weighted by atomic mass is 10.1. The first-order valence-corrected chi connectivity index (χ1v) is 5.77. The fourth-order valence-corrected chi connectivity index (χ4v) is 1.47. The number of rotatable bonds is 2. The minimum Gasteiger partial charge on any atom is -0.398 e. The van der Waals surface area contributed by atoms with Crippen LogP contribution >= 0.6 is 16.1 Å². The molecule has 0 heterocycles. The maximum absolute atomic E-state index is 8.83. The van der Waals surface area contributed by atoms with E-state index in [1.54, 1.807) is 12.1 Å². The molecule has 0 atom stereocenters. The van der Waals surface area contributed by atoms with Gasteiger partial charge in [-0.2, -0.15) is 5.26 Å². The summed E-state index contributed by atoms with van der Waals surface area (Å²) in [7, 11) is 0. The summed E-state index contributed by atoms with van der Waals surface area (Å²) in [4.78, 5) is 0. The van der Waals surface area contributed by atoms with Crippen molar-refractivity contribution in [2.45, 2.75) is 32.9 Å². The second-order valence-electron chi connectivity index (χ2n) is 4.72. The number of nitrogens with zero attached hydrogens (tertiary/aromatic N) is 2. The van der Waals surface area contributed by atoms with Gasteiger partial charge >= 0.3 is 0 Å². The van der Waals surface area contributed by atoms with Gasteiger partial charge in [-0.15, -0.1) is 0 Å². The Labute approximate surface area is 105 Å². The van der Waals surface area contributed by atoms with E-state index in [4.69, 9.17) is 11.0 Å². The van der Waals surface area contributed by atoms with Crippen molar-refractivity contribution in [2.24, 2.45) is 0 Å². The van der Waals surface area contributed by atoms with Crippen LogP contribution in [0.1, 0.15) is 31.9 Å². The molecule has 0 radical (unpaired) electrons. The number of anilines is 1. The van der Waals surface area contributed by atoms with Gasteiger partial charge in [-0.25, -0.2) is 3.93 Å². The zero-order valence-corrected chi connectivity index (χ0v) is 11.4. The lowest BCUT2D eigenvalue weighted by Gasteiger charge is -2.29. The van der Waals surface area contributed by atoms with Crippen LogP contribution in [-0.2, 0) is 6.54 Å². The third-order valence-corrected chi connectivity index (χ3v) is 3.62. The second-order valence-corrected chi connectivity index (χ2v) is 5.57. The van der Waals surface area contributed by atoms with Gasteiger partial charge in [0.2, 0.25) is 0 Å². The van der Waals surface area contributed by atoms with E-state index < -0.39 is 0 Å².